The number of imide groups is 1. The maximum Gasteiger partial charge on any atom is 0.321 e. The molecule has 0 radical (unpaired) electrons. The lowest BCUT2D eigenvalue weighted by Gasteiger charge is -2.13. The number of hydrogen-bond donors (Lipinski definition) is 4. The van der Waals surface area contributed by atoms with Gasteiger partial charge in [0, 0.05) is 33.1 Å². The second-order valence-electron chi connectivity index (χ2n) is 3.77. The Morgan fingerprint density at radius 3 is 2.38 bits per heavy atom. The highest BCUT2D eigenvalue weighted by Crippen LogP contribution is 2.09. The van der Waals surface area contributed by atoms with Gasteiger partial charge in [0.15, 0.2) is 0 Å². The fourth-order valence-electron chi connectivity index (χ4n) is 1.54. The number of aliphatic hydroxyl groups excluding tert-OH is 2. The van der Waals surface area contributed by atoms with Gasteiger partial charge in [0.1, 0.15) is 0 Å². The molecule has 1 fully saturated rings. The lowest BCUT2D eigenvalue weighted by Crippen LogP contribution is -2.39. The molecule has 1 aliphatic rings. The Labute approximate surface area is 93.4 Å². The summed E-state index contributed by atoms with van der Waals surface area (Å²) < 4.78 is 0. The van der Waals surface area contributed by atoms with Crippen molar-refractivity contribution in [3.63, 3.8) is 0 Å². The largest absolute Gasteiger partial charge is 0.389 e. The minimum atomic E-state index is -0.748. The van der Waals surface area contributed by atoms with Gasteiger partial charge in [0.05, 0.1) is 12.2 Å². The summed E-state index contributed by atoms with van der Waals surface area (Å²) >= 11 is 0. The van der Waals surface area contributed by atoms with E-state index < -0.39 is 18.2 Å². The average molecular weight is 231 g/mol. The van der Waals surface area contributed by atoms with Crippen LogP contribution >= 0.6 is 0 Å². The number of urea groups is 1. The van der Waals surface area contributed by atoms with E-state index in [1.54, 1.807) is 4.90 Å². The fraction of sp³-hybridized carbons (Fsp3) is 0.778. The normalized spacial score (nSPS) is 25.4. The molecule has 1 saturated heterocycles. The third kappa shape index (κ3) is 3.76. The van der Waals surface area contributed by atoms with Gasteiger partial charge in [0.25, 0.3) is 0 Å². The molecule has 1 rings (SSSR count). The molecule has 3 amide bonds. The van der Waals surface area contributed by atoms with Gasteiger partial charge in [-0.1, -0.05) is 0 Å². The molecule has 2 unspecified atom stereocenters. The Bertz CT molecular complexity index is 261. The first-order valence-corrected chi connectivity index (χ1v) is 5.13. The van der Waals surface area contributed by atoms with Crippen LogP contribution in [0.3, 0.4) is 0 Å². The smallest absolute Gasteiger partial charge is 0.321 e. The summed E-state index contributed by atoms with van der Waals surface area (Å²) in [5.74, 6) is -0.379. The van der Waals surface area contributed by atoms with Crippen molar-refractivity contribution in [3.8, 4) is 0 Å². The first-order chi connectivity index (χ1) is 7.52. The Balaban J connectivity index is 2.20. The highest BCUT2D eigenvalue weighted by Gasteiger charge is 2.29. The van der Waals surface area contributed by atoms with E-state index in [1.165, 1.54) is 7.05 Å². The van der Waals surface area contributed by atoms with Gasteiger partial charge >= 0.3 is 6.03 Å². The maximum atomic E-state index is 11.2. The van der Waals surface area contributed by atoms with Crippen molar-refractivity contribution < 1.29 is 19.8 Å². The quantitative estimate of drug-likeness (QED) is 0.444. The lowest BCUT2D eigenvalue weighted by atomic mass is 10.3. The lowest BCUT2D eigenvalue weighted by molar-refractivity contribution is -0.120. The Hall–Kier alpha value is -1.18. The van der Waals surface area contributed by atoms with E-state index in [1.807, 2.05) is 0 Å². The van der Waals surface area contributed by atoms with Crippen molar-refractivity contribution in [2.75, 3.05) is 26.7 Å². The Morgan fingerprint density at radius 1 is 1.31 bits per heavy atom. The molecule has 0 bridgehead atoms. The average Bonchev–Trinajstić information content (AvgIpc) is 2.55. The molecule has 1 aliphatic heterocycles. The van der Waals surface area contributed by atoms with Crippen LogP contribution in [0, 0.1) is 0 Å². The van der Waals surface area contributed by atoms with Crippen LogP contribution < -0.4 is 10.6 Å². The van der Waals surface area contributed by atoms with Crippen LogP contribution in [0.4, 0.5) is 4.79 Å². The number of carbonyl (C=O) groups is 2. The Kier molecular flexibility index (Phi) is 4.66. The number of hydrogen-bond acceptors (Lipinski definition) is 5. The van der Waals surface area contributed by atoms with Gasteiger partial charge in [-0.3, -0.25) is 15.0 Å². The summed E-state index contributed by atoms with van der Waals surface area (Å²) in [6.45, 7) is 1.12. The summed E-state index contributed by atoms with van der Waals surface area (Å²) in [5.41, 5.74) is 0. The Morgan fingerprint density at radius 2 is 1.88 bits per heavy atom. The van der Waals surface area contributed by atoms with Crippen molar-refractivity contribution in [1.82, 2.24) is 15.5 Å². The molecule has 16 heavy (non-hydrogen) atoms. The molecule has 2 atom stereocenters. The number of rotatable bonds is 3. The van der Waals surface area contributed by atoms with Gasteiger partial charge in [-0.25, -0.2) is 4.79 Å². The summed E-state index contributed by atoms with van der Waals surface area (Å²) in [6.07, 6.45) is -1.34. The van der Waals surface area contributed by atoms with E-state index in [0.29, 0.717) is 19.6 Å². The standard InChI is InChI=1S/C9H17N3O4/c1-10-9(16)11-8(15)2-3-12-4-6(13)7(14)5-12/h6-7,13-14H,2-5H2,1H3,(H2,10,11,15,16). The van der Waals surface area contributed by atoms with Crippen LogP contribution in [0.1, 0.15) is 6.42 Å². The van der Waals surface area contributed by atoms with E-state index in [0.717, 1.165) is 0 Å². The van der Waals surface area contributed by atoms with Crippen molar-refractivity contribution >= 4 is 11.9 Å². The highest BCUT2D eigenvalue weighted by molar-refractivity contribution is 5.94. The first kappa shape index (κ1) is 12.9. The second-order valence-corrected chi connectivity index (χ2v) is 3.77. The molecule has 0 spiro atoms. The zero-order valence-electron chi connectivity index (χ0n) is 9.14. The van der Waals surface area contributed by atoms with Crippen LogP contribution in [0.2, 0.25) is 0 Å². The number of aliphatic hydroxyl groups is 2. The zero-order chi connectivity index (χ0) is 12.1. The summed E-state index contributed by atoms with van der Waals surface area (Å²) in [7, 11) is 1.43. The molecule has 0 aliphatic carbocycles. The van der Waals surface area contributed by atoms with Gasteiger partial charge in [-0.15, -0.1) is 0 Å². The molecule has 7 nitrogen and oxygen atoms in total. The summed E-state index contributed by atoms with van der Waals surface area (Å²) in [6, 6.07) is -0.536. The molecule has 0 aromatic rings. The molecular weight excluding hydrogens is 214 g/mol. The van der Waals surface area contributed by atoms with Gasteiger partial charge in [-0.05, 0) is 0 Å². The van der Waals surface area contributed by atoms with Crippen LogP contribution in [0.25, 0.3) is 0 Å². The van der Waals surface area contributed by atoms with E-state index in [4.69, 9.17) is 0 Å². The number of likely N-dealkylation sites (tertiary alicyclic amines) is 1. The monoisotopic (exact) mass is 231 g/mol. The number of β-amino-alcohol motifs (C(OH)–C–C–N with tert-alkyl or cyclic N) is 2. The summed E-state index contributed by atoms with van der Waals surface area (Å²) in [5, 5.41) is 22.9. The van der Waals surface area contributed by atoms with Crippen LogP contribution in [-0.2, 0) is 4.79 Å². The van der Waals surface area contributed by atoms with Gasteiger partial charge < -0.3 is 15.5 Å². The van der Waals surface area contributed by atoms with Crippen LogP contribution in [0.15, 0.2) is 0 Å². The molecule has 0 aromatic carbocycles. The van der Waals surface area contributed by atoms with Crippen molar-refractivity contribution in [2.45, 2.75) is 18.6 Å². The molecule has 7 heteroatoms. The fourth-order valence-corrected chi connectivity index (χ4v) is 1.54. The van der Waals surface area contributed by atoms with Crippen molar-refractivity contribution in [3.05, 3.63) is 0 Å². The van der Waals surface area contributed by atoms with Gasteiger partial charge in [0.2, 0.25) is 5.91 Å². The summed E-state index contributed by atoms with van der Waals surface area (Å²) in [4.78, 5) is 23.8. The molecule has 4 N–H and O–H groups in total. The van der Waals surface area contributed by atoms with Crippen molar-refractivity contribution in [1.29, 1.82) is 0 Å². The van der Waals surface area contributed by atoms with Gasteiger partial charge in [-0.2, -0.15) is 0 Å². The third-order valence-electron chi connectivity index (χ3n) is 2.47. The highest BCUT2D eigenvalue weighted by atomic mass is 16.3. The van der Waals surface area contributed by atoms with E-state index in [2.05, 4.69) is 10.6 Å². The maximum absolute atomic E-state index is 11.2. The van der Waals surface area contributed by atoms with Crippen LogP contribution in [-0.4, -0.2) is 65.9 Å². The molecule has 92 valence electrons. The number of nitrogens with one attached hydrogen (secondary N) is 2. The predicted molar refractivity (Wildman–Crippen MR) is 55.7 cm³/mol. The number of carbonyl (C=O) groups excluding carboxylic acids is 2. The number of amides is 3. The van der Waals surface area contributed by atoms with Crippen molar-refractivity contribution in [2.24, 2.45) is 0 Å². The first-order valence-electron chi connectivity index (χ1n) is 5.13. The predicted octanol–water partition coefficient (Wildman–Crippen LogP) is -2.13. The minimum absolute atomic E-state index is 0.160. The molecule has 0 saturated carbocycles. The topological polar surface area (TPSA) is 102 Å². The molecule has 0 aromatic heterocycles. The van der Waals surface area contributed by atoms with E-state index in [9.17, 15) is 19.8 Å². The molecular formula is C9H17N3O4. The van der Waals surface area contributed by atoms with Crippen LogP contribution in [0.5, 0.6) is 0 Å². The second kappa shape index (κ2) is 5.78. The SMILES string of the molecule is CNC(=O)NC(=O)CCN1CC(O)C(O)C1. The van der Waals surface area contributed by atoms with E-state index in [-0.39, 0.29) is 12.3 Å². The zero-order valence-corrected chi connectivity index (χ0v) is 9.14. The van der Waals surface area contributed by atoms with E-state index >= 15 is 0 Å². The molecule has 1 heterocycles. The number of nitrogens with zero attached hydrogens (tertiary/aromatic N) is 1. The third-order valence-corrected chi connectivity index (χ3v) is 2.47. The minimum Gasteiger partial charge on any atom is -0.389 e.